The summed E-state index contributed by atoms with van der Waals surface area (Å²) in [6, 6.07) is 0.286. The molecule has 2 fully saturated rings. The van der Waals surface area contributed by atoms with Crippen LogP contribution in [0, 0.1) is 11.3 Å². The van der Waals surface area contributed by atoms with E-state index in [-0.39, 0.29) is 12.1 Å². The van der Waals surface area contributed by atoms with Crippen LogP contribution >= 0.6 is 0 Å². The van der Waals surface area contributed by atoms with Gasteiger partial charge in [0.25, 0.3) is 0 Å². The molecule has 2 saturated carbocycles. The predicted octanol–water partition coefficient (Wildman–Crippen LogP) is 3.20. The van der Waals surface area contributed by atoms with Gasteiger partial charge in [-0.05, 0) is 83.6 Å². The zero-order valence-corrected chi connectivity index (χ0v) is 13.2. The van der Waals surface area contributed by atoms with Crippen molar-refractivity contribution in [2.45, 2.75) is 77.4 Å². The SMILES string of the molecule is CC(C)(C)OC(=O)NC1CCC(CC2(CN)CC2)CC1. The van der Waals surface area contributed by atoms with Gasteiger partial charge in [-0.25, -0.2) is 4.79 Å². The molecule has 0 saturated heterocycles. The number of carbonyl (C=O) groups excluding carboxylic acids is 1. The van der Waals surface area contributed by atoms with Gasteiger partial charge in [0, 0.05) is 6.04 Å². The van der Waals surface area contributed by atoms with Crippen LogP contribution in [-0.4, -0.2) is 24.3 Å². The van der Waals surface area contributed by atoms with Gasteiger partial charge in [-0.2, -0.15) is 0 Å². The van der Waals surface area contributed by atoms with Gasteiger partial charge in [-0.3, -0.25) is 0 Å². The number of hydrogen-bond acceptors (Lipinski definition) is 3. The fourth-order valence-electron chi connectivity index (χ4n) is 3.27. The van der Waals surface area contributed by atoms with Crippen LogP contribution in [0.5, 0.6) is 0 Å². The summed E-state index contributed by atoms with van der Waals surface area (Å²) in [7, 11) is 0. The summed E-state index contributed by atoms with van der Waals surface area (Å²) >= 11 is 0. The number of rotatable bonds is 4. The van der Waals surface area contributed by atoms with E-state index in [1.165, 1.54) is 32.1 Å². The van der Waals surface area contributed by atoms with Crippen molar-refractivity contribution in [2.24, 2.45) is 17.1 Å². The molecule has 0 aromatic carbocycles. The lowest BCUT2D eigenvalue weighted by Gasteiger charge is -2.31. The highest BCUT2D eigenvalue weighted by Gasteiger charge is 2.43. The zero-order chi connectivity index (χ0) is 14.8. The number of nitrogens with one attached hydrogen (secondary N) is 1. The summed E-state index contributed by atoms with van der Waals surface area (Å²) in [5.41, 5.74) is 5.93. The van der Waals surface area contributed by atoms with Crippen LogP contribution in [0.1, 0.15) is 65.7 Å². The highest BCUT2D eigenvalue weighted by atomic mass is 16.6. The molecule has 2 aliphatic rings. The van der Waals surface area contributed by atoms with Gasteiger partial charge in [-0.1, -0.05) is 0 Å². The normalized spacial score (nSPS) is 28.8. The van der Waals surface area contributed by atoms with E-state index in [1.54, 1.807) is 0 Å². The summed E-state index contributed by atoms with van der Waals surface area (Å²) in [4.78, 5) is 11.7. The van der Waals surface area contributed by atoms with Crippen molar-refractivity contribution in [3.05, 3.63) is 0 Å². The molecule has 0 radical (unpaired) electrons. The second-order valence-corrected chi connectivity index (χ2v) is 7.77. The number of carbonyl (C=O) groups is 1. The van der Waals surface area contributed by atoms with Gasteiger partial charge in [0.05, 0.1) is 0 Å². The maximum Gasteiger partial charge on any atom is 0.407 e. The Morgan fingerprint density at radius 1 is 1.25 bits per heavy atom. The first kappa shape index (κ1) is 15.6. The molecule has 0 aromatic rings. The molecular weight excluding hydrogens is 252 g/mol. The van der Waals surface area contributed by atoms with E-state index in [9.17, 15) is 4.79 Å². The first-order valence-corrected chi connectivity index (χ1v) is 8.01. The van der Waals surface area contributed by atoms with Crippen LogP contribution in [0.4, 0.5) is 4.79 Å². The highest BCUT2D eigenvalue weighted by Crippen LogP contribution is 2.51. The lowest BCUT2D eigenvalue weighted by molar-refractivity contribution is 0.0485. The molecule has 0 heterocycles. The van der Waals surface area contributed by atoms with Gasteiger partial charge in [0.1, 0.15) is 5.60 Å². The van der Waals surface area contributed by atoms with E-state index in [2.05, 4.69) is 5.32 Å². The minimum atomic E-state index is -0.416. The molecule has 3 N–H and O–H groups in total. The number of hydrogen-bond donors (Lipinski definition) is 2. The molecule has 0 unspecified atom stereocenters. The molecular formula is C16H30N2O2. The molecule has 4 heteroatoms. The second-order valence-electron chi connectivity index (χ2n) is 7.77. The third kappa shape index (κ3) is 4.65. The van der Waals surface area contributed by atoms with E-state index in [0.29, 0.717) is 5.41 Å². The number of ether oxygens (including phenoxy) is 1. The lowest BCUT2D eigenvalue weighted by Crippen LogP contribution is -2.41. The van der Waals surface area contributed by atoms with Gasteiger partial charge in [0.15, 0.2) is 0 Å². The number of nitrogens with two attached hydrogens (primary N) is 1. The summed E-state index contributed by atoms with van der Waals surface area (Å²) in [5, 5.41) is 3.00. The van der Waals surface area contributed by atoms with Crippen molar-refractivity contribution in [1.29, 1.82) is 0 Å². The molecule has 2 aliphatic carbocycles. The Labute approximate surface area is 122 Å². The molecule has 2 rings (SSSR count). The topological polar surface area (TPSA) is 64.3 Å². The van der Waals surface area contributed by atoms with Gasteiger partial charge >= 0.3 is 6.09 Å². The molecule has 0 aliphatic heterocycles. The Morgan fingerprint density at radius 2 is 1.85 bits per heavy atom. The van der Waals surface area contributed by atoms with Crippen molar-refractivity contribution in [3.63, 3.8) is 0 Å². The molecule has 0 spiro atoms. The minimum Gasteiger partial charge on any atom is -0.444 e. The third-order valence-electron chi connectivity index (χ3n) is 4.68. The Bertz CT molecular complexity index is 337. The second kappa shape index (κ2) is 5.92. The Morgan fingerprint density at radius 3 is 2.30 bits per heavy atom. The predicted molar refractivity (Wildman–Crippen MR) is 80.5 cm³/mol. The average molecular weight is 282 g/mol. The van der Waals surface area contributed by atoms with Crippen LogP contribution in [0.3, 0.4) is 0 Å². The smallest absolute Gasteiger partial charge is 0.407 e. The molecule has 0 bridgehead atoms. The van der Waals surface area contributed by atoms with Gasteiger partial charge in [0.2, 0.25) is 0 Å². The molecule has 116 valence electrons. The minimum absolute atomic E-state index is 0.276. The van der Waals surface area contributed by atoms with Crippen molar-refractivity contribution in [3.8, 4) is 0 Å². The summed E-state index contributed by atoms with van der Waals surface area (Å²) in [5.74, 6) is 0.803. The fourth-order valence-corrected chi connectivity index (χ4v) is 3.27. The lowest BCUT2D eigenvalue weighted by atomic mass is 9.79. The van der Waals surface area contributed by atoms with E-state index in [1.807, 2.05) is 20.8 Å². The highest BCUT2D eigenvalue weighted by molar-refractivity contribution is 5.68. The maximum atomic E-state index is 11.7. The maximum absolute atomic E-state index is 11.7. The quantitative estimate of drug-likeness (QED) is 0.832. The van der Waals surface area contributed by atoms with Crippen LogP contribution in [-0.2, 0) is 4.74 Å². The monoisotopic (exact) mass is 282 g/mol. The summed E-state index contributed by atoms with van der Waals surface area (Å²) in [6.45, 7) is 6.53. The molecule has 0 atom stereocenters. The fraction of sp³-hybridized carbons (Fsp3) is 0.938. The first-order chi connectivity index (χ1) is 9.32. The zero-order valence-electron chi connectivity index (χ0n) is 13.2. The Hall–Kier alpha value is -0.770. The first-order valence-electron chi connectivity index (χ1n) is 8.01. The average Bonchev–Trinajstić information content (AvgIpc) is 3.10. The van der Waals surface area contributed by atoms with Gasteiger partial charge in [-0.15, -0.1) is 0 Å². The van der Waals surface area contributed by atoms with E-state index >= 15 is 0 Å². The van der Waals surface area contributed by atoms with Gasteiger partial charge < -0.3 is 15.8 Å². The summed E-state index contributed by atoms with van der Waals surface area (Å²) < 4.78 is 5.31. The molecule has 1 amide bonds. The van der Waals surface area contributed by atoms with Crippen LogP contribution < -0.4 is 11.1 Å². The number of alkyl carbamates (subject to hydrolysis) is 1. The van der Waals surface area contributed by atoms with E-state index in [0.717, 1.165) is 25.3 Å². The third-order valence-corrected chi connectivity index (χ3v) is 4.68. The molecule has 4 nitrogen and oxygen atoms in total. The summed E-state index contributed by atoms with van der Waals surface area (Å²) in [6.07, 6.45) is 8.23. The van der Waals surface area contributed by atoms with Crippen LogP contribution in [0.15, 0.2) is 0 Å². The van der Waals surface area contributed by atoms with Crippen molar-refractivity contribution < 1.29 is 9.53 Å². The standard InChI is InChI=1S/C16H30N2O2/c1-15(2,3)20-14(19)18-13-6-4-12(5-7-13)10-16(11-17)8-9-16/h12-13H,4-11,17H2,1-3H3,(H,18,19). The largest absolute Gasteiger partial charge is 0.444 e. The van der Waals surface area contributed by atoms with E-state index < -0.39 is 5.60 Å². The van der Waals surface area contributed by atoms with Crippen LogP contribution in [0.2, 0.25) is 0 Å². The van der Waals surface area contributed by atoms with Crippen molar-refractivity contribution in [2.75, 3.05) is 6.54 Å². The van der Waals surface area contributed by atoms with Crippen molar-refractivity contribution in [1.82, 2.24) is 5.32 Å². The Kier molecular flexibility index (Phi) is 4.62. The Balaban J connectivity index is 1.68. The molecule has 0 aromatic heterocycles. The van der Waals surface area contributed by atoms with E-state index in [4.69, 9.17) is 10.5 Å². The molecule has 20 heavy (non-hydrogen) atoms. The van der Waals surface area contributed by atoms with Crippen LogP contribution in [0.25, 0.3) is 0 Å². The van der Waals surface area contributed by atoms with Crippen molar-refractivity contribution >= 4 is 6.09 Å². The number of amides is 1.